The number of hydrogen-bond donors (Lipinski definition) is 3. The number of benzene rings is 1. The molecule has 1 amide bonds. The Morgan fingerprint density at radius 2 is 2.08 bits per heavy atom. The van der Waals surface area contributed by atoms with E-state index >= 15 is 0 Å². The lowest BCUT2D eigenvalue weighted by atomic mass is 10.1. The van der Waals surface area contributed by atoms with E-state index in [2.05, 4.69) is 38.8 Å². The van der Waals surface area contributed by atoms with E-state index in [1.807, 2.05) is 18.2 Å². The van der Waals surface area contributed by atoms with Crippen LogP contribution >= 0.6 is 0 Å². The van der Waals surface area contributed by atoms with Crippen LogP contribution < -0.4 is 15.5 Å². The fraction of sp³-hybridized carbons (Fsp3) is 0.474. The zero-order valence-electron chi connectivity index (χ0n) is 14.6. The average Bonchev–Trinajstić information content (AvgIpc) is 3.31. The fourth-order valence-electron chi connectivity index (χ4n) is 3.97. The summed E-state index contributed by atoms with van der Waals surface area (Å²) in [5.41, 5.74) is 4.49. The van der Waals surface area contributed by atoms with E-state index < -0.39 is 0 Å². The molecule has 1 aromatic heterocycles. The Bertz CT molecular complexity index is 763. The van der Waals surface area contributed by atoms with Gasteiger partial charge in [0, 0.05) is 43.9 Å². The highest BCUT2D eigenvalue weighted by atomic mass is 16.2. The topological polar surface area (TPSA) is 73.0 Å². The molecule has 1 saturated carbocycles. The molecule has 1 aliphatic carbocycles. The number of anilines is 2. The van der Waals surface area contributed by atoms with Gasteiger partial charge in [-0.15, -0.1) is 0 Å². The highest BCUT2D eigenvalue weighted by Crippen LogP contribution is 2.32. The van der Waals surface area contributed by atoms with Crippen LogP contribution in [0.2, 0.25) is 0 Å². The number of carbonyl (C=O) groups is 1. The molecule has 0 unspecified atom stereocenters. The van der Waals surface area contributed by atoms with Crippen molar-refractivity contribution < 1.29 is 4.79 Å². The first-order valence-corrected chi connectivity index (χ1v) is 9.14. The van der Waals surface area contributed by atoms with E-state index in [9.17, 15) is 4.79 Å². The van der Waals surface area contributed by atoms with Crippen LogP contribution in [0.3, 0.4) is 0 Å². The van der Waals surface area contributed by atoms with Gasteiger partial charge in [0.1, 0.15) is 0 Å². The predicted octanol–water partition coefficient (Wildman–Crippen LogP) is 2.69. The number of nitrogens with one attached hydrogen (secondary N) is 3. The van der Waals surface area contributed by atoms with Crippen molar-refractivity contribution in [1.29, 1.82) is 0 Å². The van der Waals surface area contributed by atoms with E-state index in [0.717, 1.165) is 35.6 Å². The second-order valence-electron chi connectivity index (χ2n) is 6.98. The van der Waals surface area contributed by atoms with Gasteiger partial charge in [0.2, 0.25) is 0 Å². The van der Waals surface area contributed by atoms with Crippen molar-refractivity contribution in [1.82, 2.24) is 15.5 Å². The van der Waals surface area contributed by atoms with Gasteiger partial charge in [-0.3, -0.25) is 9.89 Å². The zero-order chi connectivity index (χ0) is 17.2. The van der Waals surface area contributed by atoms with Crippen molar-refractivity contribution in [3.8, 4) is 0 Å². The largest absolute Gasteiger partial charge is 0.370 e. The lowest BCUT2D eigenvalue weighted by Crippen LogP contribution is -2.30. The van der Waals surface area contributed by atoms with Crippen molar-refractivity contribution in [2.75, 3.05) is 23.8 Å². The Morgan fingerprint density at radius 3 is 2.92 bits per heavy atom. The lowest BCUT2D eigenvalue weighted by Gasteiger charge is -2.28. The third-order valence-electron chi connectivity index (χ3n) is 5.43. The van der Waals surface area contributed by atoms with Crippen LogP contribution in [-0.4, -0.2) is 35.7 Å². The normalized spacial score (nSPS) is 17.3. The van der Waals surface area contributed by atoms with E-state index in [0.29, 0.717) is 18.3 Å². The molecule has 25 heavy (non-hydrogen) atoms. The van der Waals surface area contributed by atoms with Crippen LogP contribution in [0.15, 0.2) is 24.3 Å². The molecule has 1 fully saturated rings. The third-order valence-corrected chi connectivity index (χ3v) is 5.43. The number of nitrogens with zero attached hydrogens (tertiary/aromatic N) is 2. The number of amides is 1. The number of aromatic amines is 1. The number of para-hydroxylation sites is 2. The molecular weight excluding hydrogens is 314 g/mol. The van der Waals surface area contributed by atoms with Gasteiger partial charge >= 0.3 is 0 Å². The summed E-state index contributed by atoms with van der Waals surface area (Å²) in [6.45, 7) is 1.61. The number of carbonyl (C=O) groups excluding carboxylic acids is 1. The number of rotatable bonds is 4. The second-order valence-corrected chi connectivity index (χ2v) is 6.98. The van der Waals surface area contributed by atoms with Crippen LogP contribution in [0, 0.1) is 0 Å². The van der Waals surface area contributed by atoms with E-state index in [4.69, 9.17) is 0 Å². The third kappa shape index (κ3) is 3.14. The van der Waals surface area contributed by atoms with Crippen LogP contribution in [0.1, 0.15) is 47.4 Å². The first-order valence-electron chi connectivity index (χ1n) is 9.14. The number of hydrogen-bond acceptors (Lipinski definition) is 4. The monoisotopic (exact) mass is 339 g/mol. The Hall–Kier alpha value is -2.34. The number of H-pyrrole nitrogens is 1. The second kappa shape index (κ2) is 6.88. The first-order chi connectivity index (χ1) is 12.2. The molecule has 2 heterocycles. The lowest BCUT2D eigenvalue weighted by molar-refractivity contribution is 0.102. The molecule has 1 aliphatic heterocycles. The molecule has 0 bridgehead atoms. The molecule has 132 valence electrons. The molecule has 6 nitrogen and oxygen atoms in total. The molecule has 3 N–H and O–H groups in total. The van der Waals surface area contributed by atoms with Crippen molar-refractivity contribution in [2.24, 2.45) is 0 Å². The smallest absolute Gasteiger partial charge is 0.276 e. The van der Waals surface area contributed by atoms with Crippen molar-refractivity contribution in [3.05, 3.63) is 41.2 Å². The summed E-state index contributed by atoms with van der Waals surface area (Å²) in [7, 11) is 2.13. The molecular formula is C19H25N5O. The maximum Gasteiger partial charge on any atom is 0.276 e. The summed E-state index contributed by atoms with van der Waals surface area (Å²) in [6, 6.07) is 8.59. The molecule has 2 aromatic rings. The van der Waals surface area contributed by atoms with Gasteiger partial charge in [-0.05, 0) is 25.0 Å². The molecule has 4 rings (SSSR count). The minimum absolute atomic E-state index is 0.145. The summed E-state index contributed by atoms with van der Waals surface area (Å²) >= 11 is 0. The van der Waals surface area contributed by atoms with Crippen molar-refractivity contribution >= 4 is 17.3 Å². The van der Waals surface area contributed by atoms with Crippen molar-refractivity contribution in [2.45, 2.75) is 44.7 Å². The Balaban J connectivity index is 1.56. The summed E-state index contributed by atoms with van der Waals surface area (Å²) in [4.78, 5) is 15.1. The van der Waals surface area contributed by atoms with Gasteiger partial charge in [-0.2, -0.15) is 5.10 Å². The Labute approximate surface area is 148 Å². The summed E-state index contributed by atoms with van der Waals surface area (Å²) in [5, 5.41) is 13.7. The summed E-state index contributed by atoms with van der Waals surface area (Å²) in [5.74, 6) is -0.145. The highest BCUT2D eigenvalue weighted by Gasteiger charge is 2.24. The van der Waals surface area contributed by atoms with Crippen molar-refractivity contribution in [3.63, 3.8) is 0 Å². The molecule has 0 atom stereocenters. The van der Waals surface area contributed by atoms with Gasteiger partial charge in [-0.1, -0.05) is 25.0 Å². The van der Waals surface area contributed by atoms with E-state index in [-0.39, 0.29) is 5.91 Å². The molecule has 2 aliphatic rings. The molecule has 6 heteroatoms. The van der Waals surface area contributed by atoms with Crippen LogP contribution in [0.25, 0.3) is 0 Å². The highest BCUT2D eigenvalue weighted by molar-refractivity contribution is 6.05. The van der Waals surface area contributed by atoms with Crippen LogP contribution in [-0.2, 0) is 13.0 Å². The molecule has 0 radical (unpaired) electrons. The molecule has 0 spiro atoms. The predicted molar refractivity (Wildman–Crippen MR) is 99.1 cm³/mol. The fourth-order valence-corrected chi connectivity index (χ4v) is 3.97. The van der Waals surface area contributed by atoms with E-state index in [1.165, 1.54) is 25.7 Å². The van der Waals surface area contributed by atoms with E-state index in [1.54, 1.807) is 0 Å². The molecule has 0 saturated heterocycles. The first kappa shape index (κ1) is 16.1. The molecule has 1 aromatic carbocycles. The standard InChI is InChI=1S/C19H25N5O/c1-24(13-6-2-3-7-13)17-9-5-4-8-16(17)21-19(25)18-14-12-20-11-10-15(14)22-23-18/h4-5,8-9,13,20H,2-3,6-7,10-12H2,1H3,(H,21,25)(H,22,23). The SMILES string of the molecule is CN(c1ccccc1NC(=O)c1n[nH]c2c1CNCC2)C1CCCC1. The Kier molecular flexibility index (Phi) is 4.44. The number of aromatic nitrogens is 2. The van der Waals surface area contributed by atoms with Gasteiger partial charge in [-0.25, -0.2) is 0 Å². The Morgan fingerprint density at radius 1 is 1.28 bits per heavy atom. The van der Waals surface area contributed by atoms with Gasteiger partial charge in [0.05, 0.1) is 11.4 Å². The summed E-state index contributed by atoms with van der Waals surface area (Å²) < 4.78 is 0. The van der Waals surface area contributed by atoms with Crippen LogP contribution in [0.5, 0.6) is 0 Å². The minimum atomic E-state index is -0.145. The quantitative estimate of drug-likeness (QED) is 0.801. The minimum Gasteiger partial charge on any atom is -0.370 e. The maximum absolute atomic E-state index is 12.8. The maximum atomic E-state index is 12.8. The average molecular weight is 339 g/mol. The zero-order valence-corrected chi connectivity index (χ0v) is 14.6. The van der Waals surface area contributed by atoms with Gasteiger partial charge < -0.3 is 15.5 Å². The van der Waals surface area contributed by atoms with Crippen LogP contribution in [0.4, 0.5) is 11.4 Å². The van der Waals surface area contributed by atoms with Gasteiger partial charge in [0.25, 0.3) is 5.91 Å². The summed E-state index contributed by atoms with van der Waals surface area (Å²) in [6.07, 6.45) is 5.90. The number of fused-ring (bicyclic) bond motifs is 1. The van der Waals surface area contributed by atoms with Gasteiger partial charge in [0.15, 0.2) is 5.69 Å².